The van der Waals surface area contributed by atoms with E-state index in [1.54, 1.807) is 36.7 Å². The van der Waals surface area contributed by atoms with Crippen LogP contribution in [0.4, 0.5) is 5.69 Å². The Morgan fingerprint density at radius 3 is 2.24 bits per heavy atom. The molecule has 166 valence electrons. The second-order valence-corrected chi connectivity index (χ2v) is 9.36. The van der Waals surface area contributed by atoms with Gasteiger partial charge in [0.05, 0.1) is 16.6 Å². The van der Waals surface area contributed by atoms with Crippen molar-refractivity contribution in [2.24, 2.45) is 0 Å². The van der Waals surface area contributed by atoms with Gasteiger partial charge in [0.25, 0.3) is 15.9 Å². The van der Waals surface area contributed by atoms with E-state index in [0.717, 1.165) is 11.1 Å². The number of hydrogen-bond donors (Lipinski definition) is 2. The van der Waals surface area contributed by atoms with Gasteiger partial charge in [0.1, 0.15) is 0 Å². The lowest BCUT2D eigenvalue weighted by atomic mass is 9.99. The molecule has 33 heavy (non-hydrogen) atoms. The molecule has 0 bridgehead atoms. The number of benzene rings is 3. The van der Waals surface area contributed by atoms with E-state index < -0.39 is 22.0 Å². The highest BCUT2D eigenvalue weighted by Crippen LogP contribution is 2.23. The molecule has 1 aromatic heterocycles. The topological polar surface area (TPSA) is 88.2 Å². The summed E-state index contributed by atoms with van der Waals surface area (Å²) in [6.45, 7) is 0. The van der Waals surface area contributed by atoms with E-state index in [-0.39, 0.29) is 10.5 Å². The number of hydrogen-bond acceptors (Lipinski definition) is 4. The number of amides is 1. The van der Waals surface area contributed by atoms with Crippen molar-refractivity contribution in [3.63, 3.8) is 0 Å². The Balaban J connectivity index is 1.60. The number of pyridine rings is 1. The number of halogens is 1. The molecule has 0 radical (unpaired) electrons. The lowest BCUT2D eigenvalue weighted by Gasteiger charge is -2.20. The van der Waals surface area contributed by atoms with Gasteiger partial charge in [-0.2, -0.15) is 0 Å². The second kappa shape index (κ2) is 9.85. The van der Waals surface area contributed by atoms with Gasteiger partial charge in [0, 0.05) is 23.0 Å². The monoisotopic (exact) mass is 477 g/mol. The number of carbonyl (C=O) groups excluding carboxylic acids is 1. The first kappa shape index (κ1) is 22.5. The van der Waals surface area contributed by atoms with Crippen molar-refractivity contribution in [3.05, 3.63) is 125 Å². The number of carbonyl (C=O) groups is 1. The van der Waals surface area contributed by atoms with Crippen molar-refractivity contribution < 1.29 is 13.2 Å². The summed E-state index contributed by atoms with van der Waals surface area (Å²) < 4.78 is 28.2. The molecule has 0 saturated carbocycles. The Morgan fingerprint density at radius 2 is 1.52 bits per heavy atom. The lowest BCUT2D eigenvalue weighted by Crippen LogP contribution is -2.29. The molecule has 0 aliphatic carbocycles. The largest absolute Gasteiger partial charge is 0.341 e. The first-order chi connectivity index (χ1) is 15.9. The smallest absolute Gasteiger partial charge is 0.261 e. The van der Waals surface area contributed by atoms with Gasteiger partial charge in [-0.25, -0.2) is 8.42 Å². The van der Waals surface area contributed by atoms with Gasteiger partial charge in [0.2, 0.25) is 0 Å². The third kappa shape index (κ3) is 5.58. The molecular formula is C25H20ClN3O3S. The molecule has 6 nitrogen and oxygen atoms in total. The minimum absolute atomic E-state index is 0.0321. The lowest BCUT2D eigenvalue weighted by molar-refractivity contribution is 0.0942. The quantitative estimate of drug-likeness (QED) is 0.389. The van der Waals surface area contributed by atoms with Crippen LogP contribution < -0.4 is 10.0 Å². The van der Waals surface area contributed by atoms with Crippen LogP contribution in [-0.4, -0.2) is 19.3 Å². The minimum atomic E-state index is -3.92. The Hall–Kier alpha value is -3.68. The summed E-state index contributed by atoms with van der Waals surface area (Å²) in [6, 6.07) is 25.0. The Kier molecular flexibility index (Phi) is 6.72. The number of nitrogens with zero attached hydrogens (tertiary/aromatic N) is 1. The van der Waals surface area contributed by atoms with Crippen LogP contribution in [0, 0.1) is 0 Å². The van der Waals surface area contributed by atoms with Crippen LogP contribution in [0.25, 0.3) is 0 Å². The molecule has 4 aromatic rings. The van der Waals surface area contributed by atoms with Crippen molar-refractivity contribution in [2.75, 3.05) is 4.72 Å². The average molecular weight is 478 g/mol. The maximum absolute atomic E-state index is 13.1. The van der Waals surface area contributed by atoms with Crippen LogP contribution in [0.3, 0.4) is 0 Å². The fourth-order valence-corrected chi connectivity index (χ4v) is 4.63. The fraction of sp³-hybridized carbons (Fsp3) is 0.0400. The molecule has 1 heterocycles. The highest BCUT2D eigenvalue weighted by atomic mass is 35.5. The molecule has 1 amide bonds. The third-order valence-corrected chi connectivity index (χ3v) is 6.55. The predicted molar refractivity (Wildman–Crippen MR) is 129 cm³/mol. The summed E-state index contributed by atoms with van der Waals surface area (Å²) in [4.78, 5) is 17.1. The van der Waals surface area contributed by atoms with Gasteiger partial charge < -0.3 is 5.32 Å². The summed E-state index contributed by atoms with van der Waals surface area (Å²) in [6.07, 6.45) is 3.32. The first-order valence-corrected chi connectivity index (χ1v) is 11.9. The molecule has 2 N–H and O–H groups in total. The molecule has 4 rings (SSSR count). The van der Waals surface area contributed by atoms with E-state index >= 15 is 0 Å². The van der Waals surface area contributed by atoms with Crippen molar-refractivity contribution in [3.8, 4) is 0 Å². The standard InChI is InChI=1S/C25H20ClN3O3S/c26-21-9-5-10-22(17-21)29-33(31,32)23-11-4-8-20(16-23)25(30)28-24(18-6-2-1-3-7-18)19-12-14-27-15-13-19/h1-17,24,29H,(H,28,30). The van der Waals surface area contributed by atoms with E-state index in [9.17, 15) is 13.2 Å². The summed E-state index contributed by atoms with van der Waals surface area (Å²) in [5.41, 5.74) is 2.30. The van der Waals surface area contributed by atoms with Crippen molar-refractivity contribution in [1.82, 2.24) is 10.3 Å². The fourth-order valence-electron chi connectivity index (χ4n) is 3.35. The second-order valence-electron chi connectivity index (χ2n) is 7.24. The normalized spacial score (nSPS) is 12.0. The molecule has 0 aliphatic heterocycles. The van der Waals surface area contributed by atoms with Crippen molar-refractivity contribution in [2.45, 2.75) is 10.9 Å². The molecule has 0 fully saturated rings. The van der Waals surface area contributed by atoms with Crippen LogP contribution in [0.1, 0.15) is 27.5 Å². The Labute approximate surface area is 197 Å². The molecule has 1 unspecified atom stereocenters. The average Bonchev–Trinajstić information content (AvgIpc) is 2.83. The van der Waals surface area contributed by atoms with Crippen LogP contribution in [0.2, 0.25) is 5.02 Å². The SMILES string of the molecule is O=C(NC(c1ccccc1)c1ccncc1)c1cccc(S(=O)(=O)Nc2cccc(Cl)c2)c1. The molecular weight excluding hydrogens is 458 g/mol. The predicted octanol–water partition coefficient (Wildman–Crippen LogP) is 5.06. The number of nitrogens with one attached hydrogen (secondary N) is 2. The molecule has 8 heteroatoms. The zero-order valence-corrected chi connectivity index (χ0v) is 18.9. The van der Waals surface area contributed by atoms with Crippen LogP contribution in [0.5, 0.6) is 0 Å². The van der Waals surface area contributed by atoms with Gasteiger partial charge in [-0.05, 0) is 59.7 Å². The van der Waals surface area contributed by atoms with Crippen molar-refractivity contribution in [1.29, 1.82) is 0 Å². The van der Waals surface area contributed by atoms with Gasteiger partial charge in [-0.3, -0.25) is 14.5 Å². The Bertz CT molecular complexity index is 1320. The van der Waals surface area contributed by atoms with E-state index in [4.69, 9.17) is 11.6 Å². The number of anilines is 1. The molecule has 0 aliphatic rings. The summed E-state index contributed by atoms with van der Waals surface area (Å²) >= 11 is 5.94. The van der Waals surface area contributed by atoms with Gasteiger partial charge in [0.15, 0.2) is 0 Å². The van der Waals surface area contributed by atoms with Gasteiger partial charge in [-0.1, -0.05) is 54.1 Å². The molecule has 0 spiro atoms. The zero-order valence-electron chi connectivity index (χ0n) is 17.4. The maximum atomic E-state index is 13.1. The van der Waals surface area contributed by atoms with E-state index in [2.05, 4.69) is 15.0 Å². The van der Waals surface area contributed by atoms with E-state index in [1.807, 2.05) is 42.5 Å². The number of sulfonamides is 1. The van der Waals surface area contributed by atoms with E-state index in [1.165, 1.54) is 24.3 Å². The van der Waals surface area contributed by atoms with Gasteiger partial charge >= 0.3 is 0 Å². The summed E-state index contributed by atoms with van der Waals surface area (Å²) in [5.74, 6) is -0.402. The van der Waals surface area contributed by atoms with Crippen LogP contribution in [-0.2, 0) is 10.0 Å². The molecule has 0 saturated heterocycles. The highest BCUT2D eigenvalue weighted by molar-refractivity contribution is 7.92. The summed E-state index contributed by atoms with van der Waals surface area (Å²) in [5, 5.41) is 3.41. The maximum Gasteiger partial charge on any atom is 0.261 e. The van der Waals surface area contributed by atoms with Crippen LogP contribution in [0.15, 0.2) is 108 Å². The number of rotatable bonds is 7. The van der Waals surface area contributed by atoms with Crippen molar-refractivity contribution >= 4 is 33.2 Å². The third-order valence-electron chi connectivity index (χ3n) is 4.93. The molecule has 3 aromatic carbocycles. The summed E-state index contributed by atoms with van der Waals surface area (Å²) in [7, 11) is -3.92. The minimum Gasteiger partial charge on any atom is -0.341 e. The Morgan fingerprint density at radius 1 is 0.818 bits per heavy atom. The number of aromatic nitrogens is 1. The van der Waals surface area contributed by atoms with E-state index in [0.29, 0.717) is 10.7 Å². The molecule has 1 atom stereocenters. The first-order valence-electron chi connectivity index (χ1n) is 10.1. The van der Waals surface area contributed by atoms with Gasteiger partial charge in [-0.15, -0.1) is 0 Å². The highest BCUT2D eigenvalue weighted by Gasteiger charge is 2.20. The van der Waals surface area contributed by atoms with Crippen LogP contribution >= 0.6 is 11.6 Å². The zero-order chi connectivity index (χ0) is 23.3.